The summed E-state index contributed by atoms with van der Waals surface area (Å²) in [6.07, 6.45) is -2.35. The van der Waals surface area contributed by atoms with Gasteiger partial charge in [0, 0.05) is 18.0 Å². The van der Waals surface area contributed by atoms with Crippen molar-refractivity contribution in [3.05, 3.63) is 53.6 Å². The summed E-state index contributed by atoms with van der Waals surface area (Å²) in [6.45, 7) is 1.78. The lowest BCUT2D eigenvalue weighted by molar-refractivity contribution is -0.203. The van der Waals surface area contributed by atoms with E-state index in [9.17, 15) is 18.0 Å². The quantitative estimate of drug-likeness (QED) is 0.871. The van der Waals surface area contributed by atoms with Crippen LogP contribution < -0.4 is 5.32 Å². The van der Waals surface area contributed by atoms with E-state index < -0.39 is 17.7 Å². The van der Waals surface area contributed by atoms with Gasteiger partial charge in [0.25, 0.3) is 5.91 Å². The molecule has 1 unspecified atom stereocenters. The predicted molar refractivity (Wildman–Crippen MR) is 64.0 cm³/mol. The number of nitrogens with one attached hydrogen (secondary N) is 1. The Morgan fingerprint density at radius 2 is 1.90 bits per heavy atom. The first-order chi connectivity index (χ1) is 9.36. The smallest absolute Gasteiger partial charge is 0.315 e. The van der Waals surface area contributed by atoms with Gasteiger partial charge in [-0.05, 0) is 6.92 Å². The number of carbonyl (C=O) groups excluding carboxylic acids is 1. The Hall–Kier alpha value is -2.31. The molecule has 3 rings (SSSR count). The van der Waals surface area contributed by atoms with Gasteiger partial charge in [0.1, 0.15) is 0 Å². The van der Waals surface area contributed by atoms with Gasteiger partial charge in [-0.2, -0.15) is 13.2 Å². The Morgan fingerprint density at radius 1 is 1.25 bits per heavy atom. The van der Waals surface area contributed by atoms with Gasteiger partial charge in [-0.1, -0.05) is 29.8 Å². The van der Waals surface area contributed by atoms with Crippen LogP contribution in [0, 0.1) is 6.92 Å². The number of hydrogen-bond donors (Lipinski definition) is 1. The second-order valence-corrected chi connectivity index (χ2v) is 4.65. The maximum absolute atomic E-state index is 13.7. The number of imidazole rings is 1. The summed E-state index contributed by atoms with van der Waals surface area (Å²) in [7, 11) is 0. The van der Waals surface area contributed by atoms with E-state index >= 15 is 0 Å². The van der Waals surface area contributed by atoms with Crippen molar-refractivity contribution in [1.29, 1.82) is 0 Å². The van der Waals surface area contributed by atoms with Gasteiger partial charge < -0.3 is 5.32 Å². The Kier molecular flexibility index (Phi) is 2.44. The number of halogens is 3. The van der Waals surface area contributed by atoms with Crippen LogP contribution in [0.4, 0.5) is 13.2 Å². The highest BCUT2D eigenvalue weighted by Gasteiger charge is 2.63. The SMILES string of the molecule is Cc1ccc(C2(C(F)(F)F)NC(=O)c3nccn32)cc1. The Morgan fingerprint density at radius 3 is 2.50 bits per heavy atom. The number of alkyl halides is 3. The lowest BCUT2D eigenvalue weighted by Crippen LogP contribution is -2.55. The third-order valence-corrected chi connectivity index (χ3v) is 3.38. The third-order valence-electron chi connectivity index (χ3n) is 3.38. The molecule has 1 aliphatic heterocycles. The first kappa shape index (κ1) is 12.7. The van der Waals surface area contributed by atoms with Gasteiger partial charge in [-0.25, -0.2) is 4.98 Å². The maximum atomic E-state index is 13.7. The van der Waals surface area contributed by atoms with Crippen molar-refractivity contribution >= 4 is 5.91 Å². The van der Waals surface area contributed by atoms with Crippen LogP contribution in [-0.4, -0.2) is 21.6 Å². The van der Waals surface area contributed by atoms with Crippen LogP contribution >= 0.6 is 0 Å². The number of nitrogens with zero attached hydrogens (tertiary/aromatic N) is 2. The van der Waals surface area contributed by atoms with E-state index in [2.05, 4.69) is 4.98 Å². The van der Waals surface area contributed by atoms with Crippen LogP contribution in [0.3, 0.4) is 0 Å². The highest BCUT2D eigenvalue weighted by molar-refractivity contribution is 5.94. The van der Waals surface area contributed by atoms with E-state index in [1.807, 2.05) is 5.32 Å². The summed E-state index contributed by atoms with van der Waals surface area (Å²) < 4.78 is 41.8. The molecule has 1 aliphatic rings. The van der Waals surface area contributed by atoms with Crippen molar-refractivity contribution in [2.75, 3.05) is 0 Å². The number of hydrogen-bond acceptors (Lipinski definition) is 2. The van der Waals surface area contributed by atoms with Crippen LogP contribution in [0.25, 0.3) is 0 Å². The van der Waals surface area contributed by atoms with Crippen molar-refractivity contribution < 1.29 is 18.0 Å². The average molecular weight is 281 g/mol. The number of rotatable bonds is 1. The van der Waals surface area contributed by atoms with Gasteiger partial charge in [0.15, 0.2) is 0 Å². The molecule has 4 nitrogen and oxygen atoms in total. The van der Waals surface area contributed by atoms with Crippen LogP contribution in [0.15, 0.2) is 36.7 Å². The molecule has 0 saturated heterocycles. The minimum absolute atomic E-state index is 0.0549. The maximum Gasteiger partial charge on any atom is 0.435 e. The Balaban J connectivity index is 2.28. The largest absolute Gasteiger partial charge is 0.435 e. The van der Waals surface area contributed by atoms with E-state index in [0.717, 1.165) is 16.3 Å². The summed E-state index contributed by atoms with van der Waals surface area (Å²) in [4.78, 5) is 15.4. The molecule has 1 aromatic heterocycles. The van der Waals surface area contributed by atoms with Crippen LogP contribution in [-0.2, 0) is 5.66 Å². The van der Waals surface area contributed by atoms with Gasteiger partial charge in [-0.3, -0.25) is 9.36 Å². The van der Waals surface area contributed by atoms with Crippen molar-refractivity contribution in [2.24, 2.45) is 0 Å². The summed E-state index contributed by atoms with van der Waals surface area (Å²) in [5, 5.41) is 2.03. The van der Waals surface area contributed by atoms with Crippen molar-refractivity contribution in [3.63, 3.8) is 0 Å². The molecule has 7 heteroatoms. The molecule has 0 spiro atoms. The fourth-order valence-corrected chi connectivity index (χ4v) is 2.40. The predicted octanol–water partition coefficient (Wildman–Crippen LogP) is 2.20. The highest BCUT2D eigenvalue weighted by Crippen LogP contribution is 2.43. The van der Waals surface area contributed by atoms with E-state index in [1.165, 1.54) is 18.3 Å². The lowest BCUT2D eigenvalue weighted by atomic mass is 9.98. The molecule has 1 aromatic carbocycles. The molecule has 2 heterocycles. The lowest BCUT2D eigenvalue weighted by Gasteiger charge is -2.33. The molecule has 1 amide bonds. The molecular formula is C13H10F3N3O. The fourth-order valence-electron chi connectivity index (χ4n) is 2.40. The molecule has 0 saturated carbocycles. The third kappa shape index (κ3) is 1.49. The molecule has 1 N–H and O–H groups in total. The number of fused-ring (bicyclic) bond motifs is 1. The summed E-state index contributed by atoms with van der Waals surface area (Å²) in [6, 6.07) is 5.87. The van der Waals surface area contributed by atoms with Gasteiger partial charge in [-0.15, -0.1) is 0 Å². The van der Waals surface area contributed by atoms with E-state index in [-0.39, 0.29) is 11.4 Å². The molecule has 104 valence electrons. The Bertz CT molecular complexity index is 675. The minimum Gasteiger partial charge on any atom is -0.315 e. The molecule has 0 fully saturated rings. The van der Waals surface area contributed by atoms with Crippen molar-refractivity contribution in [1.82, 2.24) is 14.9 Å². The van der Waals surface area contributed by atoms with Crippen molar-refractivity contribution in [3.8, 4) is 0 Å². The van der Waals surface area contributed by atoms with Gasteiger partial charge in [0.05, 0.1) is 0 Å². The molecule has 1 atom stereocenters. The number of aromatic nitrogens is 2. The number of aryl methyl sites for hydroxylation is 1. The molecule has 2 aromatic rings. The monoisotopic (exact) mass is 281 g/mol. The first-order valence-corrected chi connectivity index (χ1v) is 5.86. The van der Waals surface area contributed by atoms with Gasteiger partial charge >= 0.3 is 6.18 Å². The highest BCUT2D eigenvalue weighted by atomic mass is 19.4. The van der Waals surface area contributed by atoms with Crippen LogP contribution in [0.2, 0.25) is 0 Å². The first-order valence-electron chi connectivity index (χ1n) is 5.86. The van der Waals surface area contributed by atoms with Gasteiger partial charge in [0.2, 0.25) is 11.5 Å². The number of amides is 1. The molecular weight excluding hydrogens is 271 g/mol. The topological polar surface area (TPSA) is 46.9 Å². The van der Waals surface area contributed by atoms with Crippen molar-refractivity contribution in [2.45, 2.75) is 18.8 Å². The van der Waals surface area contributed by atoms with E-state index in [0.29, 0.717) is 0 Å². The zero-order valence-electron chi connectivity index (χ0n) is 10.4. The molecule has 0 bridgehead atoms. The number of carbonyl (C=O) groups is 1. The zero-order valence-corrected chi connectivity index (χ0v) is 10.4. The van der Waals surface area contributed by atoms with E-state index in [4.69, 9.17) is 0 Å². The summed E-state index contributed by atoms with van der Waals surface area (Å²) in [5.41, 5.74) is -1.81. The molecule has 0 radical (unpaired) electrons. The standard InChI is InChI=1S/C13H10F3N3O/c1-8-2-4-9(5-3-8)12(13(14,15)16)18-11(20)10-17-6-7-19(10)12/h2-7H,1H3,(H,18,20). The average Bonchev–Trinajstić information content (AvgIpc) is 2.93. The summed E-state index contributed by atoms with van der Waals surface area (Å²) in [5.74, 6) is -1.09. The zero-order chi connectivity index (χ0) is 14.5. The molecule has 0 aliphatic carbocycles. The van der Waals surface area contributed by atoms with E-state index in [1.54, 1.807) is 19.1 Å². The fraction of sp³-hybridized carbons (Fsp3) is 0.231. The Labute approximate surface area is 112 Å². The second kappa shape index (κ2) is 3.84. The number of benzene rings is 1. The normalized spacial score (nSPS) is 21.7. The van der Waals surface area contributed by atoms with Crippen LogP contribution in [0.5, 0.6) is 0 Å². The van der Waals surface area contributed by atoms with Crippen LogP contribution in [0.1, 0.15) is 21.7 Å². The minimum atomic E-state index is -4.69. The summed E-state index contributed by atoms with van der Waals surface area (Å²) >= 11 is 0. The molecule has 20 heavy (non-hydrogen) atoms. The second-order valence-electron chi connectivity index (χ2n) is 4.65.